The first kappa shape index (κ1) is 19.2. The van der Waals surface area contributed by atoms with E-state index in [-0.39, 0.29) is 5.78 Å². The molecule has 1 aromatic carbocycles. The molecule has 8 heteroatoms. The Morgan fingerprint density at radius 1 is 1.21 bits per heavy atom. The van der Waals surface area contributed by atoms with Gasteiger partial charge in [0.05, 0.1) is 17.5 Å². The van der Waals surface area contributed by atoms with Crippen LogP contribution in [0, 0.1) is 11.7 Å². The number of carbonyl (C=O) groups is 3. The second-order valence-electron chi connectivity index (χ2n) is 6.88. The zero-order valence-corrected chi connectivity index (χ0v) is 16.3. The third-order valence-corrected chi connectivity index (χ3v) is 5.97. The van der Waals surface area contributed by atoms with Crippen molar-refractivity contribution in [1.29, 1.82) is 0 Å². The summed E-state index contributed by atoms with van der Waals surface area (Å²) in [5.41, 5.74) is 0.579. The minimum absolute atomic E-state index is 0.318. The highest BCUT2D eigenvalue weighted by molar-refractivity contribution is 7.12. The van der Waals surface area contributed by atoms with Gasteiger partial charge in [-0.25, -0.2) is 8.96 Å². The second kappa shape index (κ2) is 8.08. The van der Waals surface area contributed by atoms with E-state index < -0.39 is 29.5 Å². The number of carbonyl (C=O) groups excluding carboxylic acids is 3. The maximum absolute atomic E-state index is 13.4. The van der Waals surface area contributed by atoms with E-state index in [4.69, 9.17) is 0 Å². The van der Waals surface area contributed by atoms with Crippen LogP contribution in [-0.2, 0) is 16.1 Å². The molecule has 1 amide bonds. The van der Waals surface area contributed by atoms with Gasteiger partial charge in [0.2, 0.25) is 12.1 Å². The van der Waals surface area contributed by atoms with Crippen molar-refractivity contribution in [3.8, 4) is 0 Å². The van der Waals surface area contributed by atoms with E-state index in [0.717, 1.165) is 0 Å². The van der Waals surface area contributed by atoms with Gasteiger partial charge in [0, 0.05) is 13.0 Å². The number of hydrogen-bond acceptors (Lipinski definition) is 4. The van der Waals surface area contributed by atoms with Crippen LogP contribution >= 0.6 is 11.3 Å². The number of aromatic amines is 1. The van der Waals surface area contributed by atoms with Gasteiger partial charge >= 0.3 is 0 Å². The number of nitrogens with one attached hydrogen (secondary N) is 1. The lowest BCUT2D eigenvalue weighted by molar-refractivity contribution is -0.695. The molecule has 148 valence electrons. The molecule has 2 unspecified atom stereocenters. The number of likely N-dealkylation sites (tertiary alicyclic amines) is 1. The van der Waals surface area contributed by atoms with Gasteiger partial charge < -0.3 is 4.90 Å². The van der Waals surface area contributed by atoms with Crippen LogP contribution in [0.2, 0.25) is 0 Å². The molecule has 4 rings (SSSR count). The number of H-pyrrole nitrogens is 1. The molecule has 2 aromatic heterocycles. The van der Waals surface area contributed by atoms with Gasteiger partial charge in [-0.15, -0.1) is 11.3 Å². The Morgan fingerprint density at radius 3 is 2.66 bits per heavy atom. The van der Waals surface area contributed by atoms with Crippen molar-refractivity contribution in [2.24, 2.45) is 5.92 Å². The molecule has 1 aliphatic heterocycles. The van der Waals surface area contributed by atoms with Crippen molar-refractivity contribution >= 4 is 28.8 Å². The Kier molecular flexibility index (Phi) is 5.35. The maximum Gasteiger partial charge on any atom is 0.291 e. The third kappa shape index (κ3) is 3.75. The van der Waals surface area contributed by atoms with Gasteiger partial charge in [-0.2, -0.15) is 0 Å². The zero-order chi connectivity index (χ0) is 20.4. The average Bonchev–Trinajstić information content (AvgIpc) is 3.47. The largest absolute Gasteiger partial charge is 0.328 e. The summed E-state index contributed by atoms with van der Waals surface area (Å²) < 4.78 is 15.4. The van der Waals surface area contributed by atoms with E-state index in [1.165, 1.54) is 40.5 Å². The highest BCUT2D eigenvalue weighted by Gasteiger charge is 2.51. The number of benzene rings is 1. The highest BCUT2D eigenvalue weighted by Crippen LogP contribution is 2.38. The molecule has 3 heterocycles. The number of hydrogen-bond donors (Lipinski definition) is 1. The normalized spacial score (nSPS) is 19.1. The molecule has 1 aliphatic rings. The number of rotatable bonds is 7. The summed E-state index contributed by atoms with van der Waals surface area (Å²) in [7, 11) is 0. The number of amides is 1. The van der Waals surface area contributed by atoms with Gasteiger partial charge in [-0.3, -0.25) is 19.4 Å². The van der Waals surface area contributed by atoms with Crippen molar-refractivity contribution in [3.05, 3.63) is 76.8 Å². The Hall–Kier alpha value is -3.13. The first-order chi connectivity index (χ1) is 14.1. The summed E-state index contributed by atoms with van der Waals surface area (Å²) in [6, 6.07) is 8.28. The van der Waals surface area contributed by atoms with Gasteiger partial charge in [0.1, 0.15) is 24.1 Å². The topological polar surface area (TPSA) is 74.1 Å². The van der Waals surface area contributed by atoms with Crippen LogP contribution in [0.4, 0.5) is 4.39 Å². The fourth-order valence-corrected chi connectivity index (χ4v) is 4.42. The summed E-state index contributed by atoms with van der Waals surface area (Å²) in [6.45, 7) is 0.972. The number of aryl methyl sites for hydroxylation is 1. The summed E-state index contributed by atoms with van der Waals surface area (Å²) in [5.74, 6) is -3.26. The molecule has 1 N–H and O–H groups in total. The second-order valence-corrected chi connectivity index (χ2v) is 7.83. The smallest absolute Gasteiger partial charge is 0.291 e. The first-order valence-electron chi connectivity index (χ1n) is 9.26. The number of ketones is 2. The lowest BCUT2D eigenvalue weighted by Gasteiger charge is -2.27. The van der Waals surface area contributed by atoms with E-state index in [2.05, 4.69) is 4.98 Å². The minimum Gasteiger partial charge on any atom is -0.328 e. The predicted octanol–water partition coefficient (Wildman–Crippen LogP) is 2.54. The van der Waals surface area contributed by atoms with Crippen molar-refractivity contribution in [1.82, 2.24) is 9.88 Å². The Bertz CT molecular complexity index is 1020. The molecule has 6 nitrogen and oxygen atoms in total. The van der Waals surface area contributed by atoms with Crippen molar-refractivity contribution in [2.75, 3.05) is 6.54 Å². The molecule has 2 atom stereocenters. The average molecular weight is 412 g/mol. The molecule has 0 spiro atoms. The van der Waals surface area contributed by atoms with E-state index in [1.54, 1.807) is 30.0 Å². The summed E-state index contributed by atoms with van der Waals surface area (Å²) in [6.07, 6.45) is 6.08. The molecule has 0 aliphatic carbocycles. The Morgan fingerprint density at radius 2 is 2.00 bits per heavy atom. The lowest BCUT2D eigenvalue weighted by Crippen LogP contribution is -2.36. The van der Waals surface area contributed by atoms with E-state index >= 15 is 0 Å². The fourth-order valence-electron chi connectivity index (χ4n) is 3.71. The summed E-state index contributed by atoms with van der Waals surface area (Å²) in [4.78, 5) is 43.5. The van der Waals surface area contributed by atoms with E-state index in [9.17, 15) is 18.8 Å². The predicted molar refractivity (Wildman–Crippen MR) is 104 cm³/mol. The molecule has 0 radical (unpaired) electrons. The van der Waals surface area contributed by atoms with Crippen LogP contribution in [0.5, 0.6) is 0 Å². The number of nitrogens with zero attached hydrogens (tertiary/aromatic N) is 2. The number of thiophene rings is 1. The van der Waals surface area contributed by atoms with Crippen LogP contribution < -0.4 is 4.57 Å². The van der Waals surface area contributed by atoms with Crippen LogP contribution in [0.25, 0.3) is 0 Å². The molecule has 29 heavy (non-hydrogen) atoms. The van der Waals surface area contributed by atoms with E-state index in [1.807, 2.05) is 10.8 Å². The van der Waals surface area contributed by atoms with Crippen LogP contribution in [0.1, 0.15) is 27.7 Å². The SMILES string of the molecule is O=C1C(=O)N(CCC[n+]2cc[nH]c2)C(c2ccc(F)cc2)C1C(=O)c1cccs1. The first-order valence-corrected chi connectivity index (χ1v) is 10.1. The Labute approximate surface area is 170 Å². The molecule has 3 aromatic rings. The fraction of sp³-hybridized carbons (Fsp3) is 0.238. The zero-order valence-electron chi connectivity index (χ0n) is 15.5. The molecule has 0 saturated carbocycles. The molecular weight excluding hydrogens is 393 g/mol. The van der Waals surface area contributed by atoms with Gasteiger partial charge in [-0.1, -0.05) is 18.2 Å². The van der Waals surface area contributed by atoms with Crippen molar-refractivity contribution < 1.29 is 23.3 Å². The quantitative estimate of drug-likeness (QED) is 0.281. The molecular formula is C21H19FN3O3S+. The lowest BCUT2D eigenvalue weighted by atomic mass is 9.88. The monoisotopic (exact) mass is 412 g/mol. The van der Waals surface area contributed by atoms with Crippen LogP contribution in [0.15, 0.2) is 60.5 Å². The van der Waals surface area contributed by atoms with Gasteiger partial charge in [-0.05, 0) is 29.1 Å². The summed E-state index contributed by atoms with van der Waals surface area (Å²) >= 11 is 1.24. The Balaban J connectivity index is 1.64. The standard InChI is InChI=1S/C21H18FN3O3S/c22-15-6-4-14(5-7-15)18-17(19(26)16-3-1-12-29-16)20(27)21(28)25(18)10-2-9-24-11-8-23-13-24/h1,3-8,11-13,17-18H,2,9-10H2/p+1. The highest BCUT2D eigenvalue weighted by atomic mass is 32.1. The van der Waals surface area contributed by atoms with E-state index in [0.29, 0.717) is 30.0 Å². The number of aromatic nitrogens is 2. The molecule has 0 bridgehead atoms. The minimum atomic E-state index is -1.12. The van der Waals surface area contributed by atoms with Crippen LogP contribution in [-0.4, -0.2) is 33.9 Å². The van der Waals surface area contributed by atoms with Crippen molar-refractivity contribution in [3.63, 3.8) is 0 Å². The number of imidazole rings is 1. The molecule has 1 fully saturated rings. The van der Waals surface area contributed by atoms with Crippen LogP contribution in [0.3, 0.4) is 0 Å². The number of halogens is 1. The maximum atomic E-state index is 13.4. The molecule has 1 saturated heterocycles. The summed E-state index contributed by atoms with van der Waals surface area (Å²) in [5, 5.41) is 1.76. The van der Waals surface area contributed by atoms with Gasteiger partial charge in [0.15, 0.2) is 5.78 Å². The number of Topliss-reactive ketones (excluding diaryl/α,β-unsaturated/α-hetero) is 2. The third-order valence-electron chi connectivity index (χ3n) is 5.08. The van der Waals surface area contributed by atoms with Crippen molar-refractivity contribution in [2.45, 2.75) is 19.0 Å². The van der Waals surface area contributed by atoms with Gasteiger partial charge in [0.25, 0.3) is 5.91 Å².